The van der Waals surface area contributed by atoms with E-state index in [1.165, 1.54) is 31.4 Å². The van der Waals surface area contributed by atoms with Gasteiger partial charge in [-0.05, 0) is 37.4 Å². The van der Waals surface area contributed by atoms with Crippen LogP contribution in [0.5, 0.6) is 0 Å². The fraction of sp³-hybridized carbons (Fsp3) is 0.625. The average molecular weight is 315 g/mol. The molecule has 2 rings (SSSR count). The standard InChI is InChI=1S/C16H23F2NOS/c1-2-19-15(12-6-4-3-5-7-12)11-21(20)16-9-8-13(17)10-14(16)18/h8-10,12,15,19H,2-7,11H2,1H3. The molecule has 1 N–H and O–H groups in total. The molecule has 2 unspecified atom stereocenters. The second kappa shape index (κ2) is 7.99. The smallest absolute Gasteiger partial charge is 0.142 e. The molecule has 0 radical (unpaired) electrons. The summed E-state index contributed by atoms with van der Waals surface area (Å²) in [4.78, 5) is 0.107. The topological polar surface area (TPSA) is 29.1 Å². The van der Waals surface area contributed by atoms with Gasteiger partial charge in [-0.1, -0.05) is 26.2 Å². The van der Waals surface area contributed by atoms with Gasteiger partial charge in [-0.15, -0.1) is 0 Å². The zero-order valence-corrected chi connectivity index (χ0v) is 13.2. The van der Waals surface area contributed by atoms with Gasteiger partial charge in [0.2, 0.25) is 0 Å². The van der Waals surface area contributed by atoms with Crippen LogP contribution in [0.25, 0.3) is 0 Å². The van der Waals surface area contributed by atoms with E-state index in [2.05, 4.69) is 5.32 Å². The van der Waals surface area contributed by atoms with Crippen molar-refractivity contribution in [3.63, 3.8) is 0 Å². The van der Waals surface area contributed by atoms with Gasteiger partial charge in [0.25, 0.3) is 0 Å². The maximum atomic E-state index is 13.7. The van der Waals surface area contributed by atoms with Gasteiger partial charge in [0.15, 0.2) is 0 Å². The van der Waals surface area contributed by atoms with E-state index in [-0.39, 0.29) is 10.9 Å². The molecule has 2 nitrogen and oxygen atoms in total. The highest BCUT2D eigenvalue weighted by Gasteiger charge is 2.25. The molecule has 1 aliphatic rings. The molecule has 0 aliphatic heterocycles. The van der Waals surface area contributed by atoms with Crippen LogP contribution < -0.4 is 5.32 Å². The van der Waals surface area contributed by atoms with Crippen molar-refractivity contribution in [3.05, 3.63) is 29.8 Å². The summed E-state index contributed by atoms with van der Waals surface area (Å²) in [6.45, 7) is 2.83. The highest BCUT2D eigenvalue weighted by molar-refractivity contribution is 7.85. The Morgan fingerprint density at radius 3 is 2.62 bits per heavy atom. The van der Waals surface area contributed by atoms with E-state index in [0.717, 1.165) is 25.5 Å². The predicted molar refractivity (Wildman–Crippen MR) is 81.7 cm³/mol. The van der Waals surface area contributed by atoms with E-state index in [9.17, 15) is 13.0 Å². The van der Waals surface area contributed by atoms with E-state index in [4.69, 9.17) is 0 Å². The minimum Gasteiger partial charge on any atom is -0.313 e. The fourth-order valence-corrected chi connectivity index (χ4v) is 4.47. The first-order valence-corrected chi connectivity index (χ1v) is 9.00. The molecule has 5 heteroatoms. The number of rotatable bonds is 6. The Morgan fingerprint density at radius 1 is 1.29 bits per heavy atom. The van der Waals surface area contributed by atoms with Gasteiger partial charge in [-0.3, -0.25) is 4.21 Å². The minimum absolute atomic E-state index is 0.107. The zero-order chi connectivity index (χ0) is 15.2. The summed E-state index contributed by atoms with van der Waals surface area (Å²) in [5.74, 6) is -0.455. The van der Waals surface area contributed by atoms with Gasteiger partial charge in [0, 0.05) is 17.9 Å². The first-order valence-electron chi connectivity index (χ1n) is 7.68. The molecule has 1 aromatic carbocycles. The molecule has 0 amide bonds. The van der Waals surface area contributed by atoms with Crippen molar-refractivity contribution >= 4 is 10.8 Å². The quantitative estimate of drug-likeness (QED) is 0.868. The number of hydrogen-bond acceptors (Lipinski definition) is 2. The summed E-state index contributed by atoms with van der Waals surface area (Å²) in [5.41, 5.74) is 0. The summed E-state index contributed by atoms with van der Waals surface area (Å²) >= 11 is 0. The van der Waals surface area contributed by atoms with Gasteiger partial charge >= 0.3 is 0 Å². The number of nitrogens with one attached hydrogen (secondary N) is 1. The molecule has 0 saturated heterocycles. The summed E-state index contributed by atoms with van der Waals surface area (Å²) in [5, 5.41) is 3.39. The third-order valence-corrected chi connectivity index (χ3v) is 5.64. The third kappa shape index (κ3) is 4.58. The van der Waals surface area contributed by atoms with Crippen LogP contribution in [-0.2, 0) is 10.8 Å². The van der Waals surface area contributed by atoms with Crippen molar-refractivity contribution in [1.29, 1.82) is 0 Å². The van der Waals surface area contributed by atoms with Crippen LogP contribution in [0.2, 0.25) is 0 Å². The van der Waals surface area contributed by atoms with Crippen molar-refractivity contribution in [2.45, 2.75) is 50.0 Å². The van der Waals surface area contributed by atoms with Gasteiger partial charge < -0.3 is 5.32 Å². The maximum Gasteiger partial charge on any atom is 0.142 e. The normalized spacial score (nSPS) is 19.4. The van der Waals surface area contributed by atoms with Crippen LogP contribution in [-0.4, -0.2) is 22.5 Å². The van der Waals surface area contributed by atoms with Crippen molar-refractivity contribution in [1.82, 2.24) is 5.32 Å². The number of halogens is 2. The summed E-state index contributed by atoms with van der Waals surface area (Å²) in [7, 11) is -1.44. The van der Waals surface area contributed by atoms with Crippen LogP contribution in [0.15, 0.2) is 23.1 Å². The van der Waals surface area contributed by atoms with E-state index < -0.39 is 22.4 Å². The molecule has 0 bridgehead atoms. The van der Waals surface area contributed by atoms with Crippen molar-refractivity contribution in [2.75, 3.05) is 12.3 Å². The third-order valence-electron chi connectivity index (χ3n) is 4.16. The van der Waals surface area contributed by atoms with Crippen molar-refractivity contribution < 1.29 is 13.0 Å². The molecule has 0 spiro atoms. The molecule has 118 valence electrons. The average Bonchev–Trinajstić information content (AvgIpc) is 2.47. The SMILES string of the molecule is CCNC(CS(=O)c1ccc(F)cc1F)C1CCCCC1. The first kappa shape index (κ1) is 16.6. The van der Waals surface area contributed by atoms with Crippen LogP contribution >= 0.6 is 0 Å². The fourth-order valence-electron chi connectivity index (χ4n) is 3.07. The first-order chi connectivity index (χ1) is 10.1. The van der Waals surface area contributed by atoms with E-state index in [0.29, 0.717) is 11.7 Å². The van der Waals surface area contributed by atoms with Crippen LogP contribution in [0.1, 0.15) is 39.0 Å². The lowest BCUT2D eigenvalue weighted by molar-refractivity contribution is 0.287. The summed E-state index contributed by atoms with van der Waals surface area (Å²) in [6, 6.07) is 3.40. The lowest BCUT2D eigenvalue weighted by Crippen LogP contribution is -2.41. The molecule has 1 aliphatic carbocycles. The highest BCUT2D eigenvalue weighted by Crippen LogP contribution is 2.27. The van der Waals surface area contributed by atoms with Crippen LogP contribution in [0, 0.1) is 17.6 Å². The molecule has 0 heterocycles. The molecule has 1 saturated carbocycles. The Balaban J connectivity index is 2.06. The maximum absolute atomic E-state index is 13.7. The highest BCUT2D eigenvalue weighted by atomic mass is 32.2. The van der Waals surface area contributed by atoms with E-state index in [1.54, 1.807) is 0 Å². The Bertz CT molecular complexity index is 489. The van der Waals surface area contributed by atoms with Crippen molar-refractivity contribution in [3.8, 4) is 0 Å². The Morgan fingerprint density at radius 2 is 2.00 bits per heavy atom. The Kier molecular flexibility index (Phi) is 6.30. The lowest BCUT2D eigenvalue weighted by Gasteiger charge is -2.30. The summed E-state index contributed by atoms with van der Waals surface area (Å²) in [6.07, 6.45) is 5.97. The predicted octanol–water partition coefficient (Wildman–Crippen LogP) is 3.63. The summed E-state index contributed by atoms with van der Waals surface area (Å²) < 4.78 is 39.1. The van der Waals surface area contributed by atoms with Gasteiger partial charge in [-0.25, -0.2) is 8.78 Å². The Labute approximate surface area is 127 Å². The largest absolute Gasteiger partial charge is 0.313 e. The van der Waals surface area contributed by atoms with Crippen LogP contribution in [0.4, 0.5) is 8.78 Å². The lowest BCUT2D eigenvalue weighted by atomic mass is 9.84. The molecule has 0 aromatic heterocycles. The van der Waals surface area contributed by atoms with E-state index >= 15 is 0 Å². The van der Waals surface area contributed by atoms with Gasteiger partial charge in [0.05, 0.1) is 15.7 Å². The number of benzene rings is 1. The molecule has 1 aromatic rings. The second-order valence-electron chi connectivity index (χ2n) is 5.65. The zero-order valence-electron chi connectivity index (χ0n) is 12.4. The molecule has 1 fully saturated rings. The Hall–Kier alpha value is -0.810. The number of hydrogen-bond donors (Lipinski definition) is 1. The van der Waals surface area contributed by atoms with E-state index in [1.807, 2.05) is 6.92 Å². The van der Waals surface area contributed by atoms with Gasteiger partial charge in [-0.2, -0.15) is 0 Å². The second-order valence-corrected chi connectivity index (χ2v) is 7.11. The minimum atomic E-state index is -1.44. The van der Waals surface area contributed by atoms with Crippen LogP contribution in [0.3, 0.4) is 0 Å². The van der Waals surface area contributed by atoms with Crippen molar-refractivity contribution in [2.24, 2.45) is 5.92 Å². The molecule has 21 heavy (non-hydrogen) atoms. The molecule has 2 atom stereocenters. The van der Waals surface area contributed by atoms with Gasteiger partial charge in [0.1, 0.15) is 11.6 Å². The monoisotopic (exact) mass is 315 g/mol. The molecular weight excluding hydrogens is 292 g/mol. The molecular formula is C16H23F2NOS.